The van der Waals surface area contributed by atoms with Crippen molar-refractivity contribution in [3.05, 3.63) is 71.0 Å². The van der Waals surface area contributed by atoms with Gasteiger partial charge in [0.05, 0.1) is 11.7 Å². The third-order valence-electron chi connectivity index (χ3n) is 3.56. The van der Waals surface area contributed by atoms with Gasteiger partial charge in [0.25, 0.3) is 5.91 Å². The first-order chi connectivity index (χ1) is 11.1. The van der Waals surface area contributed by atoms with Gasteiger partial charge in [-0.15, -0.1) is 11.3 Å². The number of aromatic nitrogens is 2. The van der Waals surface area contributed by atoms with Crippen molar-refractivity contribution in [3.63, 3.8) is 0 Å². The minimum Gasteiger partial charge on any atom is -0.345 e. The average molecular weight is 323 g/mol. The Morgan fingerprint density at radius 3 is 2.65 bits per heavy atom. The van der Waals surface area contributed by atoms with E-state index in [2.05, 4.69) is 15.3 Å². The molecule has 0 aliphatic carbocycles. The fourth-order valence-electron chi connectivity index (χ4n) is 2.31. The Morgan fingerprint density at radius 2 is 1.96 bits per heavy atom. The molecule has 3 rings (SSSR count). The van der Waals surface area contributed by atoms with E-state index in [9.17, 15) is 4.79 Å². The lowest BCUT2D eigenvalue weighted by Gasteiger charge is -2.13. The Morgan fingerprint density at radius 1 is 1.17 bits per heavy atom. The van der Waals surface area contributed by atoms with Gasteiger partial charge in [0.1, 0.15) is 9.88 Å². The lowest BCUT2D eigenvalue weighted by atomic mass is 10.1. The number of pyridine rings is 1. The predicted molar refractivity (Wildman–Crippen MR) is 92.4 cm³/mol. The Kier molecular flexibility index (Phi) is 4.48. The van der Waals surface area contributed by atoms with Crippen LogP contribution in [0.5, 0.6) is 0 Å². The first-order valence-corrected chi connectivity index (χ1v) is 8.20. The molecule has 5 heteroatoms. The average Bonchev–Trinajstić information content (AvgIpc) is 2.98. The van der Waals surface area contributed by atoms with Crippen molar-refractivity contribution in [2.75, 3.05) is 0 Å². The molecule has 1 amide bonds. The van der Waals surface area contributed by atoms with E-state index in [-0.39, 0.29) is 11.9 Å². The van der Waals surface area contributed by atoms with Crippen LogP contribution >= 0.6 is 11.3 Å². The molecule has 0 fully saturated rings. The highest BCUT2D eigenvalue weighted by atomic mass is 32.1. The number of carbonyl (C=O) groups excluding carboxylic acids is 1. The molecule has 0 aliphatic rings. The van der Waals surface area contributed by atoms with Crippen molar-refractivity contribution in [2.45, 2.75) is 19.9 Å². The zero-order valence-corrected chi connectivity index (χ0v) is 13.8. The quantitative estimate of drug-likeness (QED) is 0.789. The molecule has 0 aliphatic heterocycles. The van der Waals surface area contributed by atoms with E-state index in [1.165, 1.54) is 11.3 Å². The largest absolute Gasteiger partial charge is 0.345 e. The van der Waals surface area contributed by atoms with Crippen LogP contribution in [0.3, 0.4) is 0 Å². The maximum atomic E-state index is 12.5. The molecule has 1 N–H and O–H groups in total. The highest BCUT2D eigenvalue weighted by Gasteiger charge is 2.18. The van der Waals surface area contributed by atoms with E-state index in [0.717, 1.165) is 21.8 Å². The monoisotopic (exact) mass is 323 g/mol. The lowest BCUT2D eigenvalue weighted by Crippen LogP contribution is -2.26. The smallest absolute Gasteiger partial charge is 0.263 e. The topological polar surface area (TPSA) is 54.9 Å². The van der Waals surface area contributed by atoms with Gasteiger partial charge < -0.3 is 5.32 Å². The molecule has 2 heterocycles. The van der Waals surface area contributed by atoms with Crippen LogP contribution in [-0.4, -0.2) is 15.9 Å². The number of carbonyl (C=O) groups is 1. The molecular formula is C18H17N3OS. The van der Waals surface area contributed by atoms with E-state index >= 15 is 0 Å². The minimum absolute atomic E-state index is 0.0490. The van der Waals surface area contributed by atoms with Gasteiger partial charge >= 0.3 is 0 Å². The van der Waals surface area contributed by atoms with Gasteiger partial charge in [0.2, 0.25) is 0 Å². The molecule has 0 saturated carbocycles. The number of nitrogens with zero attached hydrogens (tertiary/aromatic N) is 2. The van der Waals surface area contributed by atoms with Gasteiger partial charge in [-0.05, 0) is 31.5 Å². The van der Waals surface area contributed by atoms with E-state index in [1.807, 2.05) is 56.3 Å². The molecule has 0 saturated heterocycles. The van der Waals surface area contributed by atoms with Crippen LogP contribution in [0.25, 0.3) is 10.6 Å². The second-order valence-electron chi connectivity index (χ2n) is 5.28. The molecule has 2 aromatic heterocycles. The molecule has 1 unspecified atom stereocenters. The van der Waals surface area contributed by atoms with Crippen LogP contribution in [0, 0.1) is 6.92 Å². The fourth-order valence-corrected chi connectivity index (χ4v) is 3.27. The van der Waals surface area contributed by atoms with E-state index in [1.54, 1.807) is 12.4 Å². The SMILES string of the molecule is Cc1nc(-c2cccnc2)sc1C(=O)NC(C)c1ccccc1. The number of amides is 1. The van der Waals surface area contributed by atoms with E-state index in [0.29, 0.717) is 4.88 Å². The number of nitrogens with one attached hydrogen (secondary N) is 1. The van der Waals surface area contributed by atoms with Crippen molar-refractivity contribution >= 4 is 17.2 Å². The molecule has 4 nitrogen and oxygen atoms in total. The van der Waals surface area contributed by atoms with Crippen LogP contribution in [-0.2, 0) is 0 Å². The normalized spacial score (nSPS) is 11.9. The molecule has 1 aromatic carbocycles. The number of thiazole rings is 1. The summed E-state index contributed by atoms with van der Waals surface area (Å²) in [5, 5.41) is 3.85. The molecule has 23 heavy (non-hydrogen) atoms. The summed E-state index contributed by atoms with van der Waals surface area (Å²) >= 11 is 1.39. The summed E-state index contributed by atoms with van der Waals surface area (Å²) in [6, 6.07) is 13.7. The van der Waals surface area contributed by atoms with Gasteiger partial charge in [-0.25, -0.2) is 4.98 Å². The molecule has 0 radical (unpaired) electrons. The van der Waals surface area contributed by atoms with Gasteiger partial charge in [-0.3, -0.25) is 9.78 Å². The molecule has 1 atom stereocenters. The Labute approximate surface area is 139 Å². The molecule has 0 bridgehead atoms. The summed E-state index contributed by atoms with van der Waals surface area (Å²) in [5.74, 6) is -0.0912. The summed E-state index contributed by atoms with van der Waals surface area (Å²) < 4.78 is 0. The van der Waals surface area contributed by atoms with Crippen molar-refractivity contribution in [3.8, 4) is 10.6 Å². The maximum absolute atomic E-state index is 12.5. The minimum atomic E-state index is -0.0912. The second kappa shape index (κ2) is 6.71. The zero-order valence-electron chi connectivity index (χ0n) is 13.0. The molecular weight excluding hydrogens is 306 g/mol. The third-order valence-corrected chi connectivity index (χ3v) is 4.76. The predicted octanol–water partition coefficient (Wildman–Crippen LogP) is 4.00. The van der Waals surface area contributed by atoms with Crippen LogP contribution < -0.4 is 5.32 Å². The number of rotatable bonds is 4. The van der Waals surface area contributed by atoms with Crippen molar-refractivity contribution in [2.24, 2.45) is 0 Å². The third kappa shape index (κ3) is 3.46. The van der Waals surface area contributed by atoms with Gasteiger partial charge in [0, 0.05) is 18.0 Å². The van der Waals surface area contributed by atoms with Crippen molar-refractivity contribution in [1.82, 2.24) is 15.3 Å². The van der Waals surface area contributed by atoms with Gasteiger partial charge in [0.15, 0.2) is 0 Å². The Hall–Kier alpha value is -2.53. The fraction of sp³-hybridized carbons (Fsp3) is 0.167. The highest BCUT2D eigenvalue weighted by molar-refractivity contribution is 7.17. The molecule has 0 spiro atoms. The number of benzene rings is 1. The Balaban J connectivity index is 1.79. The number of hydrogen-bond donors (Lipinski definition) is 1. The lowest BCUT2D eigenvalue weighted by molar-refractivity contribution is 0.0943. The summed E-state index contributed by atoms with van der Waals surface area (Å²) in [5.41, 5.74) is 2.75. The van der Waals surface area contributed by atoms with Gasteiger partial charge in [-0.1, -0.05) is 30.3 Å². The summed E-state index contributed by atoms with van der Waals surface area (Å²) in [6.45, 7) is 3.84. The summed E-state index contributed by atoms with van der Waals surface area (Å²) in [6.07, 6.45) is 3.48. The van der Waals surface area contributed by atoms with Gasteiger partial charge in [-0.2, -0.15) is 0 Å². The summed E-state index contributed by atoms with van der Waals surface area (Å²) in [7, 11) is 0. The molecule has 3 aromatic rings. The maximum Gasteiger partial charge on any atom is 0.263 e. The number of hydrogen-bond acceptors (Lipinski definition) is 4. The highest BCUT2D eigenvalue weighted by Crippen LogP contribution is 2.27. The Bertz CT molecular complexity index is 800. The van der Waals surface area contributed by atoms with E-state index < -0.39 is 0 Å². The van der Waals surface area contributed by atoms with Crippen molar-refractivity contribution < 1.29 is 4.79 Å². The van der Waals surface area contributed by atoms with Crippen LogP contribution in [0.1, 0.15) is 33.9 Å². The first-order valence-electron chi connectivity index (χ1n) is 7.39. The summed E-state index contributed by atoms with van der Waals surface area (Å²) in [4.78, 5) is 21.8. The number of aryl methyl sites for hydroxylation is 1. The first kappa shape index (κ1) is 15.4. The standard InChI is InChI=1S/C18H17N3OS/c1-12(14-7-4-3-5-8-14)20-17(22)16-13(2)21-18(23-16)15-9-6-10-19-11-15/h3-12H,1-2H3,(H,20,22). The second-order valence-corrected chi connectivity index (χ2v) is 6.28. The van der Waals surface area contributed by atoms with Crippen molar-refractivity contribution in [1.29, 1.82) is 0 Å². The van der Waals surface area contributed by atoms with Crippen LogP contribution in [0.2, 0.25) is 0 Å². The van der Waals surface area contributed by atoms with E-state index in [4.69, 9.17) is 0 Å². The zero-order chi connectivity index (χ0) is 16.2. The van der Waals surface area contributed by atoms with Crippen LogP contribution in [0.4, 0.5) is 0 Å². The molecule has 116 valence electrons. The van der Waals surface area contributed by atoms with Crippen LogP contribution in [0.15, 0.2) is 54.9 Å².